The zero-order valence-corrected chi connectivity index (χ0v) is 10.9. The lowest BCUT2D eigenvalue weighted by Crippen LogP contribution is -2.45. The van der Waals surface area contributed by atoms with Gasteiger partial charge in [-0.2, -0.15) is 0 Å². The number of nitrogens with zero attached hydrogens (tertiary/aromatic N) is 1. The molecule has 98 valence electrons. The van der Waals surface area contributed by atoms with Crippen molar-refractivity contribution in [3.8, 4) is 0 Å². The van der Waals surface area contributed by atoms with Gasteiger partial charge in [0.1, 0.15) is 0 Å². The third-order valence-electron chi connectivity index (χ3n) is 3.80. The molecule has 0 aromatic rings. The molecule has 4 heteroatoms. The van der Waals surface area contributed by atoms with Crippen molar-refractivity contribution in [3.63, 3.8) is 0 Å². The third-order valence-corrected chi connectivity index (χ3v) is 3.80. The van der Waals surface area contributed by atoms with E-state index in [-0.39, 0.29) is 11.9 Å². The number of hydrogen-bond donors (Lipinski definition) is 1. The van der Waals surface area contributed by atoms with Crippen LogP contribution in [0, 0.1) is 11.8 Å². The summed E-state index contributed by atoms with van der Waals surface area (Å²) in [7, 11) is 1.87. The highest BCUT2D eigenvalue weighted by Gasteiger charge is 2.31. The van der Waals surface area contributed by atoms with Crippen LogP contribution in [0.3, 0.4) is 0 Å². The number of carbonyl (C=O) groups is 1. The summed E-state index contributed by atoms with van der Waals surface area (Å²) >= 11 is 0. The number of nitrogens with one attached hydrogen (secondary N) is 1. The maximum Gasteiger partial charge on any atom is 0.239 e. The molecule has 1 aliphatic carbocycles. The summed E-state index contributed by atoms with van der Waals surface area (Å²) in [6.07, 6.45) is 3.74. The number of likely N-dealkylation sites (N-methyl/N-ethyl adjacent to an activating group) is 1. The summed E-state index contributed by atoms with van der Waals surface area (Å²) in [6, 6.07) is 0.0171. The van der Waals surface area contributed by atoms with Gasteiger partial charge in [-0.3, -0.25) is 4.79 Å². The molecular weight excluding hydrogens is 216 g/mol. The topological polar surface area (TPSA) is 41.6 Å². The first kappa shape index (κ1) is 12.8. The van der Waals surface area contributed by atoms with E-state index in [9.17, 15) is 4.79 Å². The van der Waals surface area contributed by atoms with E-state index in [0.29, 0.717) is 19.1 Å². The van der Waals surface area contributed by atoms with Crippen LogP contribution in [0.15, 0.2) is 0 Å². The van der Waals surface area contributed by atoms with Gasteiger partial charge in [0.05, 0.1) is 12.6 Å². The van der Waals surface area contributed by atoms with Crippen molar-refractivity contribution in [2.75, 3.05) is 33.4 Å². The zero-order valence-electron chi connectivity index (χ0n) is 10.9. The van der Waals surface area contributed by atoms with E-state index in [1.165, 1.54) is 12.8 Å². The highest BCUT2D eigenvalue weighted by molar-refractivity contribution is 5.82. The maximum absolute atomic E-state index is 12.1. The molecule has 2 fully saturated rings. The molecule has 2 atom stereocenters. The Morgan fingerprint density at radius 3 is 2.76 bits per heavy atom. The predicted octanol–water partition coefficient (Wildman–Crippen LogP) is 0.869. The van der Waals surface area contributed by atoms with Gasteiger partial charge < -0.3 is 15.0 Å². The number of carbonyl (C=O) groups excluding carboxylic acids is 1. The number of hydrogen-bond acceptors (Lipinski definition) is 3. The zero-order chi connectivity index (χ0) is 12.3. The number of amides is 1. The molecule has 1 saturated carbocycles. The largest absolute Gasteiger partial charge is 0.379 e. The van der Waals surface area contributed by atoms with E-state index in [2.05, 4.69) is 12.2 Å². The van der Waals surface area contributed by atoms with E-state index in [1.54, 1.807) is 4.90 Å². The smallest absolute Gasteiger partial charge is 0.239 e. The summed E-state index contributed by atoms with van der Waals surface area (Å²) in [5.41, 5.74) is 0. The van der Waals surface area contributed by atoms with Crippen LogP contribution >= 0.6 is 0 Å². The molecule has 1 N–H and O–H groups in total. The molecule has 2 unspecified atom stereocenters. The Hall–Kier alpha value is -0.610. The first-order valence-electron chi connectivity index (χ1n) is 6.74. The number of rotatable bonds is 6. The molecule has 0 spiro atoms. The van der Waals surface area contributed by atoms with Crippen LogP contribution < -0.4 is 5.32 Å². The molecule has 17 heavy (non-hydrogen) atoms. The van der Waals surface area contributed by atoms with Gasteiger partial charge in [0.15, 0.2) is 0 Å². The molecule has 1 aliphatic heterocycles. The quantitative estimate of drug-likeness (QED) is 0.700. The van der Waals surface area contributed by atoms with Crippen LogP contribution in [0.25, 0.3) is 0 Å². The fraction of sp³-hybridized carbons (Fsp3) is 0.923. The van der Waals surface area contributed by atoms with Gasteiger partial charge >= 0.3 is 0 Å². The van der Waals surface area contributed by atoms with E-state index in [1.807, 2.05) is 7.05 Å². The van der Waals surface area contributed by atoms with Gasteiger partial charge in [0.2, 0.25) is 5.91 Å². The molecule has 1 heterocycles. The molecule has 0 aromatic carbocycles. The van der Waals surface area contributed by atoms with Crippen LogP contribution in [-0.4, -0.2) is 50.2 Å². The first-order valence-corrected chi connectivity index (χ1v) is 6.74. The predicted molar refractivity (Wildman–Crippen MR) is 66.8 cm³/mol. The molecule has 0 bridgehead atoms. The molecule has 1 amide bonds. The Balaban J connectivity index is 1.63. The summed E-state index contributed by atoms with van der Waals surface area (Å²) in [4.78, 5) is 13.9. The Morgan fingerprint density at radius 1 is 1.41 bits per heavy atom. The van der Waals surface area contributed by atoms with E-state index in [4.69, 9.17) is 4.74 Å². The van der Waals surface area contributed by atoms with Crippen LogP contribution in [0.2, 0.25) is 0 Å². The second-order valence-electron chi connectivity index (χ2n) is 5.48. The fourth-order valence-electron chi connectivity index (χ4n) is 2.25. The summed E-state index contributed by atoms with van der Waals surface area (Å²) in [6.45, 7) is 5.35. The molecule has 4 nitrogen and oxygen atoms in total. The second-order valence-corrected chi connectivity index (χ2v) is 5.48. The van der Waals surface area contributed by atoms with Crippen molar-refractivity contribution in [3.05, 3.63) is 0 Å². The van der Waals surface area contributed by atoms with E-state index < -0.39 is 0 Å². The molecule has 0 aromatic heterocycles. The molecule has 2 rings (SSSR count). The normalized spacial score (nSPS) is 28.4. The van der Waals surface area contributed by atoms with Gasteiger partial charge in [-0.05, 0) is 37.6 Å². The van der Waals surface area contributed by atoms with Crippen molar-refractivity contribution < 1.29 is 9.53 Å². The maximum atomic E-state index is 12.1. The van der Waals surface area contributed by atoms with Gasteiger partial charge in [-0.25, -0.2) is 0 Å². The van der Waals surface area contributed by atoms with Crippen LogP contribution in [0.1, 0.15) is 26.2 Å². The Bertz CT molecular complexity index is 266. The third kappa shape index (κ3) is 3.68. The molecule has 1 saturated heterocycles. The molecule has 2 aliphatic rings. The van der Waals surface area contributed by atoms with Crippen LogP contribution in [-0.2, 0) is 9.53 Å². The minimum Gasteiger partial charge on any atom is -0.379 e. The average Bonchev–Trinajstić information content (AvgIpc) is 3.04. The average molecular weight is 240 g/mol. The molecular formula is C13H24N2O2. The summed E-state index contributed by atoms with van der Waals surface area (Å²) in [5.74, 6) is 1.47. The van der Waals surface area contributed by atoms with Crippen molar-refractivity contribution in [1.29, 1.82) is 0 Å². The first-order chi connectivity index (χ1) is 8.18. The molecule has 0 radical (unpaired) electrons. The van der Waals surface area contributed by atoms with Gasteiger partial charge in [-0.1, -0.05) is 6.92 Å². The minimum absolute atomic E-state index is 0.0171. The van der Waals surface area contributed by atoms with E-state index >= 15 is 0 Å². The Kier molecular flexibility index (Phi) is 4.40. The van der Waals surface area contributed by atoms with Crippen LogP contribution in [0.5, 0.6) is 0 Å². The Labute approximate surface area is 104 Å². The van der Waals surface area contributed by atoms with E-state index in [0.717, 1.165) is 25.5 Å². The van der Waals surface area contributed by atoms with Gasteiger partial charge in [-0.15, -0.1) is 0 Å². The summed E-state index contributed by atoms with van der Waals surface area (Å²) < 4.78 is 5.55. The Morgan fingerprint density at radius 2 is 2.18 bits per heavy atom. The van der Waals surface area contributed by atoms with Gasteiger partial charge in [0.25, 0.3) is 0 Å². The van der Waals surface area contributed by atoms with Crippen LogP contribution in [0.4, 0.5) is 0 Å². The highest BCUT2D eigenvalue weighted by atomic mass is 16.5. The monoisotopic (exact) mass is 240 g/mol. The highest BCUT2D eigenvalue weighted by Crippen LogP contribution is 2.28. The van der Waals surface area contributed by atoms with Gasteiger partial charge in [0, 0.05) is 20.2 Å². The SMILES string of the molecule is CC1CCNC1C(=O)N(C)CCOCC1CC1. The van der Waals surface area contributed by atoms with Crippen molar-refractivity contribution in [2.45, 2.75) is 32.2 Å². The lowest BCUT2D eigenvalue weighted by atomic mass is 10.0. The standard InChI is InChI=1S/C13H24N2O2/c1-10-5-6-14-12(10)13(16)15(2)7-8-17-9-11-3-4-11/h10-12,14H,3-9H2,1-2H3. The summed E-state index contributed by atoms with van der Waals surface area (Å²) in [5, 5.41) is 3.27. The second kappa shape index (κ2) is 5.83. The lowest BCUT2D eigenvalue weighted by Gasteiger charge is -2.23. The fourth-order valence-corrected chi connectivity index (χ4v) is 2.25. The number of ether oxygens (including phenoxy) is 1. The van der Waals surface area contributed by atoms with Crippen molar-refractivity contribution in [1.82, 2.24) is 10.2 Å². The van der Waals surface area contributed by atoms with Crippen molar-refractivity contribution >= 4 is 5.91 Å². The van der Waals surface area contributed by atoms with Crippen molar-refractivity contribution in [2.24, 2.45) is 11.8 Å². The minimum atomic E-state index is 0.0171. The lowest BCUT2D eigenvalue weighted by molar-refractivity contribution is -0.133.